The second-order valence-corrected chi connectivity index (χ2v) is 33.8. The summed E-state index contributed by atoms with van der Waals surface area (Å²) in [6.45, 7) is 0. The van der Waals surface area contributed by atoms with Crippen LogP contribution in [0.5, 0.6) is 0 Å². The van der Waals surface area contributed by atoms with Gasteiger partial charge in [-0.15, -0.1) is 22.7 Å². The lowest BCUT2D eigenvalue weighted by atomic mass is 9.92. The number of rotatable bonds is 7. The molecule has 7 aromatic heterocycles. The van der Waals surface area contributed by atoms with Gasteiger partial charge in [-0.25, -0.2) is 9.97 Å². The van der Waals surface area contributed by atoms with Gasteiger partial charge < -0.3 is 8.83 Å². The van der Waals surface area contributed by atoms with Gasteiger partial charge in [-0.05, 0) is 137 Å². The molecule has 0 bridgehead atoms. The van der Waals surface area contributed by atoms with Crippen molar-refractivity contribution in [3.05, 3.63) is 401 Å². The monoisotopic (exact) mass is 1610 g/mol. The van der Waals surface area contributed by atoms with Gasteiger partial charge >= 0.3 is 0 Å². The molecule has 0 unspecified atom stereocenters. The number of thiophene rings is 2. The topological polar surface area (TPSA) is 104 Å². The fourth-order valence-electron chi connectivity index (χ4n) is 19.0. The average Bonchev–Trinajstić information content (AvgIpc) is 0.833. The lowest BCUT2D eigenvalue weighted by Gasteiger charge is -2.13. The smallest absolute Gasteiger partial charge is 0.144 e. The van der Waals surface area contributed by atoms with Crippen molar-refractivity contribution in [3.63, 3.8) is 0 Å². The zero-order valence-corrected chi connectivity index (χ0v) is 68.1. The number of benzene rings is 20. The molecule has 0 fully saturated rings. The largest absolute Gasteiger partial charge is 0.455 e. The van der Waals surface area contributed by atoms with Crippen molar-refractivity contribution in [3.8, 4) is 78.1 Å². The van der Waals surface area contributed by atoms with Crippen LogP contribution in [0.25, 0.3) is 260 Å². The summed E-state index contributed by atoms with van der Waals surface area (Å²) in [7, 11) is 0. The molecule has 27 rings (SSSR count). The molecule has 0 aliphatic heterocycles. The summed E-state index contributed by atoms with van der Waals surface area (Å²) in [4.78, 5) is 30.2. The molecule has 0 amide bonds. The van der Waals surface area contributed by atoms with E-state index >= 15 is 0 Å². The Kier molecular flexibility index (Phi) is 16.5. The minimum atomic E-state index is 0.790. The van der Waals surface area contributed by atoms with Crippen LogP contribution in [0, 0.1) is 0 Å². The summed E-state index contributed by atoms with van der Waals surface area (Å²) in [6, 6.07) is 133. The summed E-state index contributed by atoms with van der Waals surface area (Å²) in [5.74, 6) is 0. The molecule has 576 valence electrons. The van der Waals surface area contributed by atoms with Crippen molar-refractivity contribution in [1.29, 1.82) is 0 Å². The molecule has 0 aliphatic carbocycles. The van der Waals surface area contributed by atoms with E-state index in [0.29, 0.717) is 0 Å². The van der Waals surface area contributed by atoms with Crippen LogP contribution in [0.2, 0.25) is 0 Å². The molecule has 0 N–H and O–H groups in total. The van der Waals surface area contributed by atoms with Crippen molar-refractivity contribution in [2.75, 3.05) is 0 Å². The van der Waals surface area contributed by atoms with Gasteiger partial charge in [0.25, 0.3) is 0 Å². The van der Waals surface area contributed by atoms with Gasteiger partial charge in [0.05, 0.1) is 56.9 Å². The SMILES string of the molecule is c1ccc(-c2ccc3oc4c(-c5cnc6c7ccccc7c7ccccc7c6n5)cc(-c5ccccc5)cc4c3c2)cc1.c1ccc(-c2cccc3c2oc2c(-c4cnc5c6ccccc6c6ccccc6c5n4)cccc23)cc1.c1ccc2c(c1)sc1c(-c3ccc4c(c3)c3cc(-c5cccc6c5sc5ccccc56)ccc3c3nccnc43)cccc12. The Balaban J connectivity index is 0.000000102. The summed E-state index contributed by atoms with van der Waals surface area (Å²) < 4.78 is 18.5. The van der Waals surface area contributed by atoms with Gasteiger partial charge in [-0.1, -0.05) is 322 Å². The predicted molar refractivity (Wildman–Crippen MR) is 522 cm³/mol. The maximum absolute atomic E-state index is 6.63. The zero-order valence-electron chi connectivity index (χ0n) is 66.4. The first-order valence-corrected chi connectivity index (χ1v) is 43.3. The van der Waals surface area contributed by atoms with Gasteiger partial charge in [0.15, 0.2) is 0 Å². The molecule has 10 heteroatoms. The molecular weight excluding hydrogens is 1550 g/mol. The van der Waals surface area contributed by atoms with Crippen molar-refractivity contribution in [2.24, 2.45) is 0 Å². The highest BCUT2D eigenvalue weighted by molar-refractivity contribution is 7.26. The molecule has 124 heavy (non-hydrogen) atoms. The van der Waals surface area contributed by atoms with Crippen LogP contribution in [0.15, 0.2) is 410 Å². The van der Waals surface area contributed by atoms with Crippen LogP contribution >= 0.6 is 22.7 Å². The lowest BCUT2D eigenvalue weighted by molar-refractivity contribution is 0.669. The van der Waals surface area contributed by atoms with Crippen molar-refractivity contribution in [1.82, 2.24) is 29.9 Å². The molecule has 7 heterocycles. The molecule has 0 aliphatic rings. The molecule has 0 saturated heterocycles. The highest BCUT2D eigenvalue weighted by Crippen LogP contribution is 2.49. The van der Waals surface area contributed by atoms with Crippen molar-refractivity contribution < 1.29 is 8.83 Å². The fraction of sp³-hybridized carbons (Fsp3) is 0. The Labute approximate surface area is 717 Å². The van der Waals surface area contributed by atoms with E-state index in [4.69, 9.17) is 38.7 Å². The van der Waals surface area contributed by atoms with Gasteiger partial charge in [0.2, 0.25) is 0 Å². The molecule has 0 saturated carbocycles. The average molecular weight is 1620 g/mol. The van der Waals surface area contributed by atoms with E-state index in [1.807, 2.05) is 53.3 Å². The number of hydrogen-bond donors (Lipinski definition) is 0. The minimum Gasteiger partial charge on any atom is -0.455 e. The van der Waals surface area contributed by atoms with Gasteiger partial charge in [0, 0.05) is 123 Å². The van der Waals surface area contributed by atoms with E-state index in [9.17, 15) is 0 Å². The maximum Gasteiger partial charge on any atom is 0.144 e. The van der Waals surface area contributed by atoms with E-state index in [0.717, 1.165) is 160 Å². The second-order valence-electron chi connectivity index (χ2n) is 31.7. The van der Waals surface area contributed by atoms with Crippen LogP contribution < -0.4 is 0 Å². The number of fused-ring (bicyclic) bond motifs is 30. The molecule has 0 radical (unpaired) electrons. The third-order valence-corrected chi connectivity index (χ3v) is 27.2. The fourth-order valence-corrected chi connectivity index (χ4v) is 21.5. The highest BCUT2D eigenvalue weighted by Gasteiger charge is 2.24. The van der Waals surface area contributed by atoms with E-state index in [1.165, 1.54) is 100 Å². The standard InChI is InChI=1S/C40H24N2O.C40H22N2S2.C34H20N2O/c1-3-11-25(12-4-1)27-19-20-37-33(21-27)34-22-28(26-13-5-2-6-14-26)23-35(40(34)43-37)36-24-41-38-31-17-9-7-15-29(31)30-16-8-10-18-32(30)39(38)42-36;1-3-13-35-27(7-1)31-11-5-9-25(39(31)43-35)23-15-17-29-33(21-23)34-22-24(16-18-30(34)38-37(29)41-19-20-42-38)26-10-6-12-32-28-8-2-4-14-36(28)44-40(26)32;1-2-10-21(11-3-1)22-16-8-17-27-28-18-9-19-29(34(28)37-33(22)27)30-20-35-31-25-14-6-4-12-23(25)24-13-5-7-15-26(24)32(31)36-30/h1-24H;1-22H;1-20H. The third-order valence-electron chi connectivity index (χ3n) is 24.8. The minimum absolute atomic E-state index is 0.790. The van der Waals surface area contributed by atoms with Crippen LogP contribution in [0.3, 0.4) is 0 Å². The van der Waals surface area contributed by atoms with Gasteiger partial charge in [0.1, 0.15) is 22.3 Å². The first-order valence-electron chi connectivity index (χ1n) is 41.7. The highest BCUT2D eigenvalue weighted by atomic mass is 32.1. The summed E-state index contributed by atoms with van der Waals surface area (Å²) in [5.41, 5.74) is 24.2. The number of furan rings is 2. The normalized spacial score (nSPS) is 11.9. The molecule has 27 aromatic rings. The first-order chi connectivity index (χ1) is 61.5. The lowest BCUT2D eigenvalue weighted by Crippen LogP contribution is -1.93. The summed E-state index contributed by atoms with van der Waals surface area (Å²) in [5, 5.41) is 23.4. The van der Waals surface area contributed by atoms with E-state index < -0.39 is 0 Å². The maximum atomic E-state index is 6.63. The molecule has 0 atom stereocenters. The van der Waals surface area contributed by atoms with Crippen LogP contribution in [-0.4, -0.2) is 29.9 Å². The Morgan fingerprint density at radius 3 is 1.05 bits per heavy atom. The van der Waals surface area contributed by atoms with E-state index in [2.05, 4.69) is 358 Å². The van der Waals surface area contributed by atoms with Crippen LogP contribution in [0.1, 0.15) is 0 Å². The Hall–Kier alpha value is -16.0. The third kappa shape index (κ3) is 11.6. The molecular formula is C114H66N6O2S2. The number of para-hydroxylation sites is 2. The van der Waals surface area contributed by atoms with Crippen molar-refractivity contribution in [2.45, 2.75) is 0 Å². The Morgan fingerprint density at radius 2 is 0.540 bits per heavy atom. The predicted octanol–water partition coefficient (Wildman–Crippen LogP) is 32.0. The Morgan fingerprint density at radius 1 is 0.185 bits per heavy atom. The molecule has 20 aromatic carbocycles. The summed E-state index contributed by atoms with van der Waals surface area (Å²) >= 11 is 3.75. The van der Waals surface area contributed by atoms with Crippen LogP contribution in [-0.2, 0) is 0 Å². The zero-order chi connectivity index (χ0) is 81.5. The van der Waals surface area contributed by atoms with E-state index in [1.54, 1.807) is 12.4 Å². The van der Waals surface area contributed by atoms with E-state index in [-0.39, 0.29) is 0 Å². The quantitative estimate of drug-likeness (QED) is 0.145. The van der Waals surface area contributed by atoms with Gasteiger partial charge in [-0.2, -0.15) is 0 Å². The number of nitrogens with zero attached hydrogens (tertiary/aromatic N) is 6. The molecule has 8 nitrogen and oxygen atoms in total. The first kappa shape index (κ1) is 71.0. The molecule has 0 spiro atoms. The number of hydrogen-bond acceptors (Lipinski definition) is 10. The Bertz CT molecular complexity index is 8830. The van der Waals surface area contributed by atoms with Crippen molar-refractivity contribution >= 4 is 205 Å². The number of aromatic nitrogens is 6. The second kappa shape index (κ2) is 28.9. The summed E-state index contributed by atoms with van der Waals surface area (Å²) in [6.07, 6.45) is 7.38. The van der Waals surface area contributed by atoms with Crippen LogP contribution in [0.4, 0.5) is 0 Å². The van der Waals surface area contributed by atoms with Gasteiger partial charge in [-0.3, -0.25) is 19.9 Å².